The minimum Gasteiger partial charge on any atom is -0.326 e. The Balaban J connectivity index is 1.66. The predicted molar refractivity (Wildman–Crippen MR) is 96.9 cm³/mol. The van der Waals surface area contributed by atoms with Gasteiger partial charge in [-0.1, -0.05) is 30.5 Å². The molecule has 0 bridgehead atoms. The van der Waals surface area contributed by atoms with Gasteiger partial charge in [0, 0.05) is 30.0 Å². The number of anilines is 1. The molecule has 3 amide bonds. The second-order valence-electron chi connectivity index (χ2n) is 6.41. The number of rotatable bonds is 6. The summed E-state index contributed by atoms with van der Waals surface area (Å²) < 4.78 is 0. The molecule has 1 aliphatic carbocycles. The van der Waals surface area contributed by atoms with Crippen LogP contribution in [-0.4, -0.2) is 17.7 Å². The van der Waals surface area contributed by atoms with Gasteiger partial charge in [-0.25, -0.2) is 0 Å². The molecule has 1 aliphatic rings. The van der Waals surface area contributed by atoms with Gasteiger partial charge < -0.3 is 5.32 Å². The van der Waals surface area contributed by atoms with Crippen LogP contribution in [0.5, 0.6) is 0 Å². The maximum Gasteiger partial charge on any atom is 0.238 e. The summed E-state index contributed by atoms with van der Waals surface area (Å²) in [7, 11) is 0. The quantitative estimate of drug-likeness (QED) is 0.677. The van der Waals surface area contributed by atoms with Crippen LogP contribution in [0.25, 0.3) is 0 Å². The van der Waals surface area contributed by atoms with Gasteiger partial charge in [-0.05, 0) is 43.4 Å². The Morgan fingerprint density at radius 3 is 2.40 bits per heavy atom. The Kier molecular flexibility index (Phi) is 7.25. The topological polar surface area (TPSA) is 87.3 Å². The Hall–Kier alpha value is -2.08. The van der Waals surface area contributed by atoms with Crippen LogP contribution < -0.4 is 16.2 Å². The minimum atomic E-state index is -0.391. The smallest absolute Gasteiger partial charge is 0.238 e. The van der Waals surface area contributed by atoms with Crippen LogP contribution in [0.15, 0.2) is 18.2 Å². The fourth-order valence-electron chi connectivity index (χ4n) is 2.91. The first-order valence-electron chi connectivity index (χ1n) is 8.58. The molecule has 0 spiro atoms. The molecule has 0 saturated heterocycles. The number of carbonyl (C=O) groups excluding carboxylic acids is 3. The van der Waals surface area contributed by atoms with E-state index < -0.39 is 5.91 Å². The summed E-state index contributed by atoms with van der Waals surface area (Å²) in [6.45, 7) is 1.81. The summed E-state index contributed by atoms with van der Waals surface area (Å²) in [6.07, 6.45) is 4.95. The highest BCUT2D eigenvalue weighted by Crippen LogP contribution is 2.27. The summed E-state index contributed by atoms with van der Waals surface area (Å²) in [5, 5.41) is 3.30. The number of benzene rings is 1. The average Bonchev–Trinajstić information content (AvgIpc) is 3.08. The molecule has 0 heterocycles. The van der Waals surface area contributed by atoms with E-state index >= 15 is 0 Å². The molecule has 2 rings (SSSR count). The number of amides is 3. The van der Waals surface area contributed by atoms with Crippen LogP contribution in [0.3, 0.4) is 0 Å². The summed E-state index contributed by atoms with van der Waals surface area (Å²) in [6, 6.07) is 5.24. The van der Waals surface area contributed by atoms with Gasteiger partial charge in [0.25, 0.3) is 0 Å². The molecule has 0 unspecified atom stereocenters. The molecule has 136 valence electrons. The maximum atomic E-state index is 11.9. The van der Waals surface area contributed by atoms with Gasteiger partial charge in [0.1, 0.15) is 0 Å². The molecule has 1 saturated carbocycles. The van der Waals surface area contributed by atoms with Crippen LogP contribution in [0.2, 0.25) is 5.02 Å². The van der Waals surface area contributed by atoms with Crippen molar-refractivity contribution in [3.63, 3.8) is 0 Å². The number of carbonyl (C=O) groups is 3. The molecule has 7 heteroatoms. The highest BCUT2D eigenvalue weighted by Gasteiger charge is 2.18. The van der Waals surface area contributed by atoms with Crippen molar-refractivity contribution in [3.8, 4) is 0 Å². The van der Waals surface area contributed by atoms with Crippen molar-refractivity contribution in [1.29, 1.82) is 0 Å². The van der Waals surface area contributed by atoms with Crippen molar-refractivity contribution in [2.75, 3.05) is 5.32 Å². The van der Waals surface area contributed by atoms with E-state index in [1.807, 2.05) is 6.92 Å². The summed E-state index contributed by atoms with van der Waals surface area (Å²) in [5.74, 6) is -0.432. The molecule has 3 N–H and O–H groups in total. The van der Waals surface area contributed by atoms with Crippen LogP contribution in [-0.2, 0) is 14.4 Å². The molecular weight excluding hydrogens is 342 g/mol. The van der Waals surface area contributed by atoms with Crippen molar-refractivity contribution in [2.45, 2.75) is 51.9 Å². The van der Waals surface area contributed by atoms with Crippen LogP contribution in [0.4, 0.5) is 5.69 Å². The second-order valence-corrected chi connectivity index (χ2v) is 6.82. The van der Waals surface area contributed by atoms with E-state index in [2.05, 4.69) is 16.2 Å². The van der Waals surface area contributed by atoms with E-state index in [1.165, 1.54) is 12.8 Å². The monoisotopic (exact) mass is 365 g/mol. The van der Waals surface area contributed by atoms with E-state index in [0.717, 1.165) is 18.4 Å². The lowest BCUT2D eigenvalue weighted by atomic mass is 10.0. The third kappa shape index (κ3) is 6.38. The van der Waals surface area contributed by atoms with Gasteiger partial charge >= 0.3 is 0 Å². The molecule has 0 radical (unpaired) electrons. The molecule has 0 aromatic heterocycles. The standard InChI is InChI=1S/C18H24ClN3O3/c1-12-14(19)7-4-8-15(12)20-16(23)9-10-17(24)21-22-18(25)11-13-5-2-3-6-13/h4,7-8,13H,2-3,5-6,9-11H2,1H3,(H,20,23)(H,21,24)(H,22,25). The number of hydrazine groups is 1. The summed E-state index contributed by atoms with van der Waals surface area (Å²) >= 11 is 6.00. The van der Waals surface area contributed by atoms with Crippen molar-refractivity contribution in [1.82, 2.24) is 10.9 Å². The number of hydrogen-bond acceptors (Lipinski definition) is 3. The Labute approximate surface area is 152 Å². The largest absolute Gasteiger partial charge is 0.326 e. The lowest BCUT2D eigenvalue weighted by Crippen LogP contribution is -2.42. The highest BCUT2D eigenvalue weighted by atomic mass is 35.5. The van der Waals surface area contributed by atoms with Crippen molar-refractivity contribution < 1.29 is 14.4 Å². The van der Waals surface area contributed by atoms with E-state index in [0.29, 0.717) is 23.0 Å². The van der Waals surface area contributed by atoms with Crippen LogP contribution in [0, 0.1) is 12.8 Å². The van der Waals surface area contributed by atoms with E-state index in [1.54, 1.807) is 18.2 Å². The number of hydrogen-bond donors (Lipinski definition) is 3. The SMILES string of the molecule is Cc1c(Cl)cccc1NC(=O)CCC(=O)NNC(=O)CC1CCCC1. The van der Waals surface area contributed by atoms with Gasteiger partial charge in [-0.3, -0.25) is 25.2 Å². The van der Waals surface area contributed by atoms with E-state index in [-0.39, 0.29) is 24.7 Å². The van der Waals surface area contributed by atoms with Crippen molar-refractivity contribution in [3.05, 3.63) is 28.8 Å². The lowest BCUT2D eigenvalue weighted by Gasteiger charge is -2.11. The molecular formula is C18H24ClN3O3. The zero-order chi connectivity index (χ0) is 18.2. The molecule has 1 aromatic carbocycles. The fraction of sp³-hybridized carbons (Fsp3) is 0.500. The molecule has 1 aromatic rings. The van der Waals surface area contributed by atoms with E-state index in [4.69, 9.17) is 11.6 Å². The fourth-order valence-corrected chi connectivity index (χ4v) is 3.09. The lowest BCUT2D eigenvalue weighted by molar-refractivity contribution is -0.130. The first-order valence-corrected chi connectivity index (χ1v) is 8.96. The first kappa shape index (κ1) is 19.2. The summed E-state index contributed by atoms with van der Waals surface area (Å²) in [4.78, 5) is 35.4. The van der Waals surface area contributed by atoms with Gasteiger partial charge in [0.2, 0.25) is 17.7 Å². The molecule has 6 nitrogen and oxygen atoms in total. The third-order valence-corrected chi connectivity index (χ3v) is 4.82. The molecule has 25 heavy (non-hydrogen) atoms. The normalized spacial score (nSPS) is 14.2. The van der Waals surface area contributed by atoms with Crippen LogP contribution in [0.1, 0.15) is 50.5 Å². The maximum absolute atomic E-state index is 11.9. The number of nitrogens with one attached hydrogen (secondary N) is 3. The van der Waals surface area contributed by atoms with Gasteiger partial charge in [-0.2, -0.15) is 0 Å². The number of halogens is 1. The second kappa shape index (κ2) is 9.42. The Morgan fingerprint density at radius 1 is 1.04 bits per heavy atom. The van der Waals surface area contributed by atoms with Gasteiger partial charge in [-0.15, -0.1) is 0 Å². The highest BCUT2D eigenvalue weighted by molar-refractivity contribution is 6.31. The zero-order valence-corrected chi connectivity index (χ0v) is 15.1. The molecule has 1 fully saturated rings. The van der Waals surface area contributed by atoms with E-state index in [9.17, 15) is 14.4 Å². The average molecular weight is 366 g/mol. The Bertz CT molecular complexity index is 642. The summed E-state index contributed by atoms with van der Waals surface area (Å²) in [5.41, 5.74) is 6.17. The zero-order valence-electron chi connectivity index (χ0n) is 14.4. The third-order valence-electron chi connectivity index (χ3n) is 4.41. The van der Waals surface area contributed by atoms with Crippen LogP contribution >= 0.6 is 11.6 Å². The van der Waals surface area contributed by atoms with Gasteiger partial charge in [0.05, 0.1) is 0 Å². The predicted octanol–water partition coefficient (Wildman–Crippen LogP) is 3.09. The Morgan fingerprint density at radius 2 is 1.68 bits per heavy atom. The molecule has 0 aliphatic heterocycles. The van der Waals surface area contributed by atoms with Gasteiger partial charge in [0.15, 0.2) is 0 Å². The van der Waals surface area contributed by atoms with Crippen molar-refractivity contribution in [2.24, 2.45) is 5.92 Å². The minimum absolute atomic E-state index is 0.00481. The molecule has 0 atom stereocenters. The first-order chi connectivity index (χ1) is 12.0. The van der Waals surface area contributed by atoms with Crippen molar-refractivity contribution >= 4 is 35.0 Å².